The summed E-state index contributed by atoms with van der Waals surface area (Å²) in [5.74, 6) is 2.43. The summed E-state index contributed by atoms with van der Waals surface area (Å²) in [6.45, 7) is 0.830. The van der Waals surface area contributed by atoms with E-state index in [0.717, 1.165) is 24.5 Å². The van der Waals surface area contributed by atoms with Gasteiger partial charge in [0.1, 0.15) is 11.6 Å². The van der Waals surface area contributed by atoms with Crippen molar-refractivity contribution in [2.75, 3.05) is 38.0 Å². The van der Waals surface area contributed by atoms with Crippen LogP contribution in [0.4, 0.5) is 11.8 Å². The zero-order chi connectivity index (χ0) is 14.4. The van der Waals surface area contributed by atoms with Crippen LogP contribution in [0.5, 0.6) is 5.75 Å². The Morgan fingerprint density at radius 1 is 1.15 bits per heavy atom. The standard InChI is InChI=1S/C15H20N4O/c1-19(2)15-17-11-9-14(18-15)16-10-8-12-4-6-13(20-3)7-5-12/h4-7,9,11H,8,10H2,1-3H3,(H,16,17,18). The smallest absolute Gasteiger partial charge is 0.226 e. The molecule has 0 fully saturated rings. The zero-order valence-corrected chi connectivity index (χ0v) is 12.1. The molecule has 1 aromatic carbocycles. The van der Waals surface area contributed by atoms with Crippen molar-refractivity contribution in [2.45, 2.75) is 6.42 Å². The van der Waals surface area contributed by atoms with Gasteiger partial charge in [0, 0.05) is 26.8 Å². The van der Waals surface area contributed by atoms with E-state index < -0.39 is 0 Å². The number of anilines is 2. The van der Waals surface area contributed by atoms with Crippen LogP contribution in [0.1, 0.15) is 5.56 Å². The summed E-state index contributed by atoms with van der Waals surface area (Å²) in [5.41, 5.74) is 1.26. The number of hydrogen-bond acceptors (Lipinski definition) is 5. The number of nitrogens with one attached hydrogen (secondary N) is 1. The second-order valence-corrected chi connectivity index (χ2v) is 4.66. The van der Waals surface area contributed by atoms with E-state index in [9.17, 15) is 0 Å². The van der Waals surface area contributed by atoms with E-state index in [0.29, 0.717) is 5.95 Å². The van der Waals surface area contributed by atoms with Crippen molar-refractivity contribution in [1.82, 2.24) is 9.97 Å². The molecular formula is C15H20N4O. The molecule has 5 nitrogen and oxygen atoms in total. The molecule has 0 unspecified atom stereocenters. The Bertz CT molecular complexity index is 540. The molecule has 0 saturated heterocycles. The normalized spacial score (nSPS) is 10.2. The molecule has 1 N–H and O–H groups in total. The Morgan fingerprint density at radius 2 is 1.90 bits per heavy atom. The van der Waals surface area contributed by atoms with E-state index in [1.165, 1.54) is 5.56 Å². The predicted molar refractivity (Wildman–Crippen MR) is 81.5 cm³/mol. The summed E-state index contributed by atoms with van der Waals surface area (Å²) in [4.78, 5) is 10.5. The highest BCUT2D eigenvalue weighted by molar-refractivity contribution is 5.40. The van der Waals surface area contributed by atoms with Crippen LogP contribution in [0.3, 0.4) is 0 Å². The largest absolute Gasteiger partial charge is 0.497 e. The molecule has 0 saturated carbocycles. The third-order valence-electron chi connectivity index (χ3n) is 2.92. The highest BCUT2D eigenvalue weighted by Crippen LogP contribution is 2.12. The lowest BCUT2D eigenvalue weighted by Gasteiger charge is -2.11. The Morgan fingerprint density at radius 3 is 2.55 bits per heavy atom. The van der Waals surface area contributed by atoms with Gasteiger partial charge in [-0.1, -0.05) is 12.1 Å². The van der Waals surface area contributed by atoms with Crippen molar-refractivity contribution >= 4 is 11.8 Å². The third-order valence-corrected chi connectivity index (χ3v) is 2.92. The lowest BCUT2D eigenvalue weighted by Crippen LogP contribution is -2.14. The minimum Gasteiger partial charge on any atom is -0.497 e. The fraction of sp³-hybridized carbons (Fsp3) is 0.333. The number of ether oxygens (including phenoxy) is 1. The minimum absolute atomic E-state index is 0.708. The van der Waals surface area contributed by atoms with E-state index in [-0.39, 0.29) is 0 Å². The Balaban J connectivity index is 1.87. The summed E-state index contributed by atoms with van der Waals surface area (Å²) in [7, 11) is 5.53. The number of hydrogen-bond donors (Lipinski definition) is 1. The van der Waals surface area contributed by atoms with Crippen LogP contribution in [-0.2, 0) is 6.42 Å². The van der Waals surface area contributed by atoms with Crippen molar-refractivity contribution < 1.29 is 4.74 Å². The highest BCUT2D eigenvalue weighted by Gasteiger charge is 2.01. The first kappa shape index (κ1) is 14.1. The zero-order valence-electron chi connectivity index (χ0n) is 12.1. The molecule has 2 rings (SSSR count). The van der Waals surface area contributed by atoms with Crippen LogP contribution in [0.25, 0.3) is 0 Å². The third kappa shape index (κ3) is 3.85. The topological polar surface area (TPSA) is 50.3 Å². The van der Waals surface area contributed by atoms with Crippen molar-refractivity contribution in [3.05, 3.63) is 42.1 Å². The number of aromatic nitrogens is 2. The second-order valence-electron chi connectivity index (χ2n) is 4.66. The van der Waals surface area contributed by atoms with Crippen molar-refractivity contribution in [1.29, 1.82) is 0 Å². The molecule has 1 aromatic heterocycles. The Kier molecular flexibility index (Phi) is 4.76. The Hall–Kier alpha value is -2.30. The van der Waals surface area contributed by atoms with Gasteiger partial charge < -0.3 is 15.0 Å². The van der Waals surface area contributed by atoms with Crippen LogP contribution in [0.2, 0.25) is 0 Å². The lowest BCUT2D eigenvalue weighted by molar-refractivity contribution is 0.414. The Labute approximate surface area is 119 Å². The molecule has 0 bridgehead atoms. The van der Waals surface area contributed by atoms with Gasteiger partial charge in [0.2, 0.25) is 5.95 Å². The number of rotatable bonds is 6. The van der Waals surface area contributed by atoms with Gasteiger partial charge in [0.05, 0.1) is 7.11 Å². The molecule has 0 aliphatic rings. The fourth-order valence-corrected chi connectivity index (χ4v) is 1.79. The maximum atomic E-state index is 5.14. The van der Waals surface area contributed by atoms with E-state index in [2.05, 4.69) is 27.4 Å². The quantitative estimate of drug-likeness (QED) is 0.873. The van der Waals surface area contributed by atoms with Crippen molar-refractivity contribution in [3.8, 4) is 5.75 Å². The highest BCUT2D eigenvalue weighted by atomic mass is 16.5. The molecule has 20 heavy (non-hydrogen) atoms. The minimum atomic E-state index is 0.708. The molecular weight excluding hydrogens is 252 g/mol. The summed E-state index contributed by atoms with van der Waals surface area (Å²) in [5, 5.41) is 3.31. The number of benzene rings is 1. The maximum absolute atomic E-state index is 5.14. The van der Waals surface area contributed by atoms with Gasteiger partial charge in [-0.2, -0.15) is 4.98 Å². The van der Waals surface area contributed by atoms with Gasteiger partial charge >= 0.3 is 0 Å². The van der Waals surface area contributed by atoms with E-state index in [1.54, 1.807) is 13.3 Å². The SMILES string of the molecule is COc1ccc(CCNc2ccnc(N(C)C)n2)cc1. The molecule has 0 spiro atoms. The summed E-state index contributed by atoms with van der Waals surface area (Å²) in [6.07, 6.45) is 2.70. The van der Waals surface area contributed by atoms with Gasteiger partial charge in [-0.05, 0) is 30.2 Å². The number of nitrogens with zero attached hydrogens (tertiary/aromatic N) is 3. The van der Waals surface area contributed by atoms with Crippen LogP contribution >= 0.6 is 0 Å². The summed E-state index contributed by atoms with van der Waals surface area (Å²) >= 11 is 0. The molecule has 0 aliphatic heterocycles. The van der Waals surface area contributed by atoms with Crippen molar-refractivity contribution in [2.24, 2.45) is 0 Å². The first-order chi connectivity index (χ1) is 9.69. The van der Waals surface area contributed by atoms with Gasteiger partial charge in [-0.3, -0.25) is 0 Å². The van der Waals surface area contributed by atoms with E-state index in [4.69, 9.17) is 4.74 Å². The lowest BCUT2D eigenvalue weighted by atomic mass is 10.1. The first-order valence-electron chi connectivity index (χ1n) is 6.56. The van der Waals surface area contributed by atoms with Crippen LogP contribution in [-0.4, -0.2) is 37.7 Å². The molecule has 2 aromatic rings. The summed E-state index contributed by atoms with van der Waals surface area (Å²) < 4.78 is 5.14. The van der Waals surface area contributed by atoms with Gasteiger partial charge in [-0.15, -0.1) is 0 Å². The monoisotopic (exact) mass is 272 g/mol. The molecule has 1 heterocycles. The van der Waals surface area contributed by atoms with Crippen LogP contribution < -0.4 is 15.0 Å². The van der Waals surface area contributed by atoms with Crippen LogP contribution in [0, 0.1) is 0 Å². The van der Waals surface area contributed by atoms with E-state index in [1.807, 2.05) is 37.2 Å². The second kappa shape index (κ2) is 6.75. The molecule has 5 heteroatoms. The first-order valence-corrected chi connectivity index (χ1v) is 6.56. The average molecular weight is 272 g/mol. The molecule has 0 amide bonds. The molecule has 106 valence electrons. The van der Waals surface area contributed by atoms with Gasteiger partial charge in [-0.25, -0.2) is 4.98 Å². The fourth-order valence-electron chi connectivity index (χ4n) is 1.79. The molecule has 0 aliphatic carbocycles. The van der Waals surface area contributed by atoms with Crippen molar-refractivity contribution in [3.63, 3.8) is 0 Å². The molecule has 0 atom stereocenters. The van der Waals surface area contributed by atoms with Crippen LogP contribution in [0.15, 0.2) is 36.5 Å². The number of methoxy groups -OCH3 is 1. The van der Waals surface area contributed by atoms with Gasteiger partial charge in [0.25, 0.3) is 0 Å². The van der Waals surface area contributed by atoms with Gasteiger partial charge in [0.15, 0.2) is 0 Å². The summed E-state index contributed by atoms with van der Waals surface area (Å²) in [6, 6.07) is 9.98. The average Bonchev–Trinajstić information content (AvgIpc) is 2.48. The maximum Gasteiger partial charge on any atom is 0.226 e. The predicted octanol–water partition coefficient (Wildman–Crippen LogP) is 2.21. The molecule has 0 radical (unpaired) electrons. The van der Waals surface area contributed by atoms with E-state index >= 15 is 0 Å².